The van der Waals surface area contributed by atoms with Crippen molar-refractivity contribution < 1.29 is 0 Å². The number of rotatable bonds is 2. The molecule has 0 bridgehead atoms. The number of benzene rings is 9. The van der Waals surface area contributed by atoms with Gasteiger partial charge in [0.15, 0.2) is 0 Å². The van der Waals surface area contributed by atoms with Gasteiger partial charge in [0.2, 0.25) is 0 Å². The summed E-state index contributed by atoms with van der Waals surface area (Å²) in [7, 11) is 0. The van der Waals surface area contributed by atoms with E-state index in [0.29, 0.717) is 0 Å². The molecule has 0 unspecified atom stereocenters. The summed E-state index contributed by atoms with van der Waals surface area (Å²) in [5, 5.41) is 10.3. The molecule has 4 heteroatoms. The average Bonchev–Trinajstić information content (AvgIpc) is 4.12. The lowest BCUT2D eigenvalue weighted by molar-refractivity contribution is 0.794. The number of para-hydroxylation sites is 1. The Balaban J connectivity index is 1.02. The molecule has 9 aromatic carbocycles. The Kier molecular flexibility index (Phi) is 6.41. The molecule has 0 amide bonds. The van der Waals surface area contributed by atoms with E-state index in [1.54, 1.807) is 0 Å². The number of nitrogens with zero attached hydrogens (tertiary/aromatic N) is 2. The lowest BCUT2D eigenvalue weighted by Gasteiger charge is -2.30. The molecule has 0 saturated heterocycles. The third kappa shape index (κ3) is 4.03. The van der Waals surface area contributed by atoms with Crippen LogP contribution in [0.25, 0.3) is 112 Å². The molecule has 2 aliphatic rings. The Hall–Kier alpha value is -7.37. The van der Waals surface area contributed by atoms with E-state index in [1.807, 2.05) is 22.7 Å². The molecule has 0 aliphatic heterocycles. The first-order valence-corrected chi connectivity index (χ1v) is 22.9. The second-order valence-corrected chi connectivity index (χ2v) is 19.0. The van der Waals surface area contributed by atoms with Crippen LogP contribution in [0.5, 0.6) is 0 Å². The lowest BCUT2D eigenvalue weighted by Crippen LogP contribution is -2.25. The normalized spacial score (nSPS) is 13.6. The molecule has 4 heterocycles. The van der Waals surface area contributed by atoms with Crippen LogP contribution in [0.2, 0.25) is 0 Å². The minimum atomic E-state index is -0.414. The number of thiophene rings is 2. The predicted octanol–water partition coefficient (Wildman–Crippen LogP) is 16.1. The maximum atomic E-state index is 5.56. The molecule has 1 spiro atoms. The molecule has 13 aromatic rings. The van der Waals surface area contributed by atoms with E-state index in [9.17, 15) is 0 Å². The van der Waals surface area contributed by atoms with Crippen molar-refractivity contribution in [2.75, 3.05) is 0 Å². The summed E-state index contributed by atoms with van der Waals surface area (Å²) in [4.78, 5) is 6.83. The van der Waals surface area contributed by atoms with Gasteiger partial charge in [-0.2, -0.15) is 0 Å². The van der Waals surface area contributed by atoms with E-state index in [0.717, 1.165) is 22.5 Å². The van der Waals surface area contributed by atoms with Gasteiger partial charge in [-0.25, -0.2) is 4.98 Å². The molecular formula is C58H32N2S2. The minimum Gasteiger partial charge on any atom is -0.301 e. The van der Waals surface area contributed by atoms with Gasteiger partial charge in [0, 0.05) is 68.4 Å². The van der Waals surface area contributed by atoms with Gasteiger partial charge in [0.05, 0.1) is 22.1 Å². The fourth-order valence-corrected chi connectivity index (χ4v) is 14.1. The van der Waals surface area contributed by atoms with Crippen molar-refractivity contribution in [2.45, 2.75) is 5.41 Å². The van der Waals surface area contributed by atoms with E-state index >= 15 is 0 Å². The number of pyridine rings is 1. The monoisotopic (exact) mass is 820 g/mol. The van der Waals surface area contributed by atoms with Gasteiger partial charge >= 0.3 is 0 Å². The second kappa shape index (κ2) is 11.9. The maximum absolute atomic E-state index is 5.56. The smallest absolute Gasteiger partial charge is 0.109 e. The summed E-state index contributed by atoms with van der Waals surface area (Å²) in [5.74, 6) is 0. The molecule has 0 fully saturated rings. The highest BCUT2D eigenvalue weighted by atomic mass is 32.1. The highest BCUT2D eigenvalue weighted by molar-refractivity contribution is 7.28. The average molecular weight is 821 g/mol. The van der Waals surface area contributed by atoms with Gasteiger partial charge in [0.1, 0.15) is 4.83 Å². The fraction of sp³-hybridized carbons (Fsp3) is 0.0172. The Morgan fingerprint density at radius 3 is 1.84 bits per heavy atom. The first kappa shape index (κ1) is 33.4. The van der Waals surface area contributed by atoms with Crippen molar-refractivity contribution in [1.82, 2.24) is 9.55 Å². The van der Waals surface area contributed by atoms with Crippen LogP contribution in [0, 0.1) is 0 Å². The number of hydrogen-bond acceptors (Lipinski definition) is 3. The van der Waals surface area contributed by atoms with Crippen molar-refractivity contribution >= 4 is 95.7 Å². The van der Waals surface area contributed by atoms with Crippen LogP contribution in [0.1, 0.15) is 22.3 Å². The van der Waals surface area contributed by atoms with Gasteiger partial charge < -0.3 is 4.57 Å². The third-order valence-electron chi connectivity index (χ3n) is 14.0. The molecule has 286 valence electrons. The SMILES string of the molecule is c1cc(-c2nc3ccccc3c3c4c(ccc23)C2(c3ccccc3-c3ccccc32)c2ccccc2-4)cc(-n2c3ccc4c5ccccc5sc4c3c3c4ccccc4sc32)c1. The van der Waals surface area contributed by atoms with Gasteiger partial charge in [0.25, 0.3) is 0 Å². The number of hydrogen-bond donors (Lipinski definition) is 0. The van der Waals surface area contributed by atoms with Gasteiger partial charge in [-0.1, -0.05) is 158 Å². The van der Waals surface area contributed by atoms with Crippen molar-refractivity contribution in [3.05, 3.63) is 216 Å². The topological polar surface area (TPSA) is 17.8 Å². The Morgan fingerprint density at radius 1 is 0.419 bits per heavy atom. The maximum Gasteiger partial charge on any atom is 0.109 e. The van der Waals surface area contributed by atoms with Crippen molar-refractivity contribution in [2.24, 2.45) is 0 Å². The third-order valence-corrected chi connectivity index (χ3v) is 16.4. The van der Waals surface area contributed by atoms with Crippen LogP contribution in [0.3, 0.4) is 0 Å². The highest BCUT2D eigenvalue weighted by Gasteiger charge is 2.52. The fourth-order valence-electron chi connectivity index (χ4n) is 11.6. The summed E-state index contributed by atoms with van der Waals surface area (Å²) in [6, 6.07) is 72.4. The zero-order valence-electron chi connectivity index (χ0n) is 33.2. The van der Waals surface area contributed by atoms with Gasteiger partial charge in [-0.15, -0.1) is 22.7 Å². The summed E-state index contributed by atoms with van der Waals surface area (Å²) in [6.45, 7) is 0. The molecule has 0 radical (unpaired) electrons. The van der Waals surface area contributed by atoms with E-state index in [1.165, 1.54) is 112 Å². The number of fused-ring (bicyclic) bond motifs is 23. The first-order valence-electron chi connectivity index (χ1n) is 21.3. The molecular weight excluding hydrogens is 789 g/mol. The summed E-state index contributed by atoms with van der Waals surface area (Å²) < 4.78 is 6.50. The standard InChI is InChI=1S/C58H32N2S2/c1-7-22-43-35(16-1)36-17-2-8-23-44(36)58(43)45-24-9-3-19-39(45)52-46(58)30-28-42-51(52)40-20-4-10-25-47(40)59-55(42)33-14-13-15-34(32-33)60-48-31-29-38-37-18-5-11-26-49(37)61-56(38)54(48)53-41-21-6-12-27-50(41)62-57(53)60/h1-32H. The van der Waals surface area contributed by atoms with Crippen LogP contribution in [0.4, 0.5) is 0 Å². The van der Waals surface area contributed by atoms with Crippen LogP contribution in [0.15, 0.2) is 194 Å². The molecule has 15 rings (SSSR count). The Bertz CT molecular complexity index is 4080. The Morgan fingerprint density at radius 2 is 1.05 bits per heavy atom. The van der Waals surface area contributed by atoms with Crippen LogP contribution in [-0.2, 0) is 5.41 Å². The van der Waals surface area contributed by atoms with Crippen molar-refractivity contribution in [1.29, 1.82) is 0 Å². The van der Waals surface area contributed by atoms with E-state index in [2.05, 4.69) is 199 Å². The molecule has 4 aromatic heterocycles. The quantitative estimate of drug-likeness (QED) is 0.159. The summed E-state index contributed by atoms with van der Waals surface area (Å²) in [6.07, 6.45) is 0. The van der Waals surface area contributed by atoms with Crippen LogP contribution < -0.4 is 0 Å². The molecule has 2 nitrogen and oxygen atoms in total. The number of aromatic nitrogens is 2. The zero-order valence-corrected chi connectivity index (χ0v) is 34.8. The molecule has 2 aliphatic carbocycles. The summed E-state index contributed by atoms with van der Waals surface area (Å²) in [5.41, 5.74) is 15.8. The highest BCUT2D eigenvalue weighted by Crippen LogP contribution is 2.64. The molecule has 0 saturated carbocycles. The molecule has 0 N–H and O–H groups in total. The summed E-state index contributed by atoms with van der Waals surface area (Å²) >= 11 is 3.80. The second-order valence-electron chi connectivity index (χ2n) is 16.9. The Labute approximate surface area is 364 Å². The van der Waals surface area contributed by atoms with Crippen LogP contribution >= 0.6 is 22.7 Å². The van der Waals surface area contributed by atoms with E-state index in [-0.39, 0.29) is 0 Å². The van der Waals surface area contributed by atoms with E-state index < -0.39 is 5.41 Å². The van der Waals surface area contributed by atoms with Gasteiger partial charge in [-0.3, -0.25) is 0 Å². The zero-order chi connectivity index (χ0) is 40.3. The van der Waals surface area contributed by atoms with Crippen LogP contribution in [-0.4, -0.2) is 9.55 Å². The lowest BCUT2D eigenvalue weighted by atomic mass is 9.70. The molecule has 62 heavy (non-hydrogen) atoms. The van der Waals surface area contributed by atoms with Crippen molar-refractivity contribution in [3.8, 4) is 39.2 Å². The van der Waals surface area contributed by atoms with E-state index in [4.69, 9.17) is 4.98 Å². The predicted molar refractivity (Wildman–Crippen MR) is 264 cm³/mol. The van der Waals surface area contributed by atoms with Crippen molar-refractivity contribution in [3.63, 3.8) is 0 Å². The largest absolute Gasteiger partial charge is 0.301 e. The molecule has 0 atom stereocenters. The first-order chi connectivity index (χ1) is 30.8. The minimum absolute atomic E-state index is 0.414. The van der Waals surface area contributed by atoms with Gasteiger partial charge in [-0.05, 0) is 80.9 Å².